The molecule has 0 aromatic heterocycles. The first-order chi connectivity index (χ1) is 22.6. The van der Waals surface area contributed by atoms with Crippen LogP contribution in [0.3, 0.4) is 0 Å². The molecule has 1 amide bonds. The molecule has 1 N–H and O–H groups in total. The molecule has 0 aliphatic heterocycles. The summed E-state index contributed by atoms with van der Waals surface area (Å²) in [6.07, 6.45) is -1.26. The number of anilines is 1. The fraction of sp³-hybridized carbons (Fsp3) is 0.321. The van der Waals surface area contributed by atoms with Crippen molar-refractivity contribution in [3.63, 3.8) is 0 Å². The van der Waals surface area contributed by atoms with Crippen LogP contribution in [0.2, 0.25) is 0 Å². The summed E-state index contributed by atoms with van der Waals surface area (Å²) >= 11 is 0. The van der Waals surface area contributed by atoms with E-state index in [0.717, 1.165) is 42.7 Å². The Morgan fingerprint density at radius 3 is 1.62 bits per heavy atom. The summed E-state index contributed by atoms with van der Waals surface area (Å²) in [4.78, 5) is 79.9. The number of hydrogen-bond donors (Lipinski definition) is 1. The van der Waals surface area contributed by atoms with E-state index in [2.05, 4.69) is 15.3 Å². The third-order valence-electron chi connectivity index (χ3n) is 6.22. The SMILES string of the molecule is COC(=O)C1=C(C(=O)OC)/C(=N\Nc2cc(OC)ccc2OC)C(/C(C(=O)OC)=C(/C(=O)OC)N(C(=O)OC)S(C)(=O)=O)=C1C(=O)OC. The van der Waals surface area contributed by atoms with Gasteiger partial charge in [-0.15, -0.1) is 0 Å². The van der Waals surface area contributed by atoms with Gasteiger partial charge >= 0.3 is 35.9 Å². The number of benzene rings is 1. The monoisotopic (exact) mass is 697 g/mol. The summed E-state index contributed by atoms with van der Waals surface area (Å²) in [6.45, 7) is 0. The number of nitrogens with one attached hydrogen (secondary N) is 1. The maximum atomic E-state index is 13.6. The van der Waals surface area contributed by atoms with E-state index in [1.807, 2.05) is 0 Å². The van der Waals surface area contributed by atoms with Crippen molar-refractivity contribution in [2.24, 2.45) is 5.10 Å². The fourth-order valence-electron chi connectivity index (χ4n) is 4.18. The number of ether oxygens (including phenoxy) is 8. The van der Waals surface area contributed by atoms with Crippen LogP contribution in [0.25, 0.3) is 0 Å². The Balaban J connectivity index is 3.44. The molecule has 0 radical (unpaired) electrons. The molecule has 260 valence electrons. The van der Waals surface area contributed by atoms with Crippen LogP contribution in [0.1, 0.15) is 0 Å². The van der Waals surface area contributed by atoms with Gasteiger partial charge in [0, 0.05) is 11.6 Å². The number of amides is 1. The number of nitrogens with zero attached hydrogens (tertiary/aromatic N) is 2. The highest BCUT2D eigenvalue weighted by Crippen LogP contribution is 2.40. The van der Waals surface area contributed by atoms with Gasteiger partial charge in [-0.25, -0.2) is 37.2 Å². The quantitative estimate of drug-likeness (QED) is 0.133. The van der Waals surface area contributed by atoms with E-state index in [9.17, 15) is 37.2 Å². The zero-order valence-corrected chi connectivity index (χ0v) is 27.9. The first kappa shape index (κ1) is 38.3. The highest BCUT2D eigenvalue weighted by atomic mass is 32.2. The zero-order chi connectivity index (χ0) is 36.5. The van der Waals surface area contributed by atoms with Gasteiger partial charge in [-0.2, -0.15) is 9.41 Å². The van der Waals surface area contributed by atoms with Gasteiger partial charge in [0.25, 0.3) is 0 Å². The Labute approximate surface area is 273 Å². The molecule has 1 aliphatic rings. The van der Waals surface area contributed by atoms with Crippen molar-refractivity contribution < 1.29 is 75.1 Å². The largest absolute Gasteiger partial charge is 0.497 e. The Morgan fingerprint density at radius 2 is 1.19 bits per heavy atom. The third kappa shape index (κ3) is 7.54. The molecule has 0 atom stereocenters. The van der Waals surface area contributed by atoms with Crippen molar-refractivity contribution in [2.45, 2.75) is 0 Å². The van der Waals surface area contributed by atoms with Gasteiger partial charge in [-0.05, 0) is 12.1 Å². The van der Waals surface area contributed by atoms with Gasteiger partial charge in [-0.1, -0.05) is 0 Å². The molecule has 20 heteroatoms. The first-order valence-electron chi connectivity index (χ1n) is 12.9. The fourth-order valence-corrected chi connectivity index (χ4v) is 5.02. The van der Waals surface area contributed by atoms with Crippen LogP contribution in [0.5, 0.6) is 11.5 Å². The number of carbonyl (C=O) groups excluding carboxylic acids is 6. The van der Waals surface area contributed by atoms with Gasteiger partial charge in [0.2, 0.25) is 10.0 Å². The van der Waals surface area contributed by atoms with E-state index in [-0.39, 0.29) is 21.5 Å². The van der Waals surface area contributed by atoms with Crippen molar-refractivity contribution in [1.29, 1.82) is 0 Å². The average Bonchev–Trinajstić information content (AvgIpc) is 3.42. The Morgan fingerprint density at radius 1 is 0.667 bits per heavy atom. The summed E-state index contributed by atoms with van der Waals surface area (Å²) in [5, 5.41) is 4.16. The highest BCUT2D eigenvalue weighted by molar-refractivity contribution is 7.89. The van der Waals surface area contributed by atoms with Gasteiger partial charge in [-0.3, -0.25) is 5.43 Å². The summed E-state index contributed by atoms with van der Waals surface area (Å²) in [7, 11) is 2.73. The van der Waals surface area contributed by atoms with E-state index in [4.69, 9.17) is 33.2 Å². The molecule has 48 heavy (non-hydrogen) atoms. The molecule has 0 fully saturated rings. The zero-order valence-electron chi connectivity index (χ0n) is 27.1. The number of esters is 5. The number of rotatable bonds is 12. The molecule has 0 saturated carbocycles. The third-order valence-corrected chi connectivity index (χ3v) is 7.21. The van der Waals surface area contributed by atoms with E-state index in [1.54, 1.807) is 0 Å². The predicted molar refractivity (Wildman–Crippen MR) is 161 cm³/mol. The van der Waals surface area contributed by atoms with Gasteiger partial charge in [0.1, 0.15) is 34.0 Å². The molecular formula is C28H31N3O16S. The van der Waals surface area contributed by atoms with Crippen LogP contribution in [-0.2, 0) is 62.4 Å². The van der Waals surface area contributed by atoms with Gasteiger partial charge in [0.05, 0.1) is 74.3 Å². The van der Waals surface area contributed by atoms with E-state index < -0.39 is 85.2 Å². The van der Waals surface area contributed by atoms with Crippen LogP contribution in [-0.4, -0.2) is 118 Å². The molecule has 2 rings (SSSR count). The van der Waals surface area contributed by atoms with Crippen LogP contribution < -0.4 is 14.9 Å². The molecule has 1 aromatic rings. The van der Waals surface area contributed by atoms with Gasteiger partial charge in [0.15, 0.2) is 5.70 Å². The summed E-state index contributed by atoms with van der Waals surface area (Å²) < 4.78 is 64.7. The van der Waals surface area contributed by atoms with E-state index in [0.29, 0.717) is 6.26 Å². The predicted octanol–water partition coefficient (Wildman–Crippen LogP) is 0.226. The normalized spacial score (nSPS) is 14.0. The molecule has 0 unspecified atom stereocenters. The van der Waals surface area contributed by atoms with E-state index >= 15 is 0 Å². The number of hydrazone groups is 1. The number of sulfonamides is 1. The minimum Gasteiger partial charge on any atom is -0.497 e. The van der Waals surface area contributed by atoms with Crippen molar-refractivity contribution in [1.82, 2.24) is 4.31 Å². The standard InChI is InChI=1S/C28H31N3O16S/c1-40-13-10-11-15(41-2)14(12-13)29-30-21-16(17(23(32)42-3)18(24(33)43-4)19(21)25(34)44-5)20(26(35)45-6)22(27(36)46-7)31(28(37)47-8)48(9,38)39/h10-12,29H,1-9H3/b22-20+,30-21-. The first-order valence-corrected chi connectivity index (χ1v) is 14.8. The molecule has 0 heterocycles. The van der Waals surface area contributed by atoms with Crippen molar-refractivity contribution in [2.75, 3.05) is 68.6 Å². The molecule has 0 spiro atoms. The van der Waals surface area contributed by atoms with E-state index in [1.165, 1.54) is 32.4 Å². The Hall–Kier alpha value is -5.92. The maximum absolute atomic E-state index is 13.6. The topological polar surface area (TPSA) is 238 Å². The summed E-state index contributed by atoms with van der Waals surface area (Å²) in [5.74, 6) is -7.02. The average molecular weight is 698 g/mol. The molecule has 1 aromatic carbocycles. The Kier molecular flexibility index (Phi) is 12.8. The molecule has 0 saturated heterocycles. The smallest absolute Gasteiger partial charge is 0.428 e. The lowest BCUT2D eigenvalue weighted by molar-refractivity contribution is -0.140. The lowest BCUT2D eigenvalue weighted by Crippen LogP contribution is -2.41. The van der Waals surface area contributed by atoms with Crippen molar-refractivity contribution in [3.05, 3.63) is 51.8 Å². The number of hydrogen-bond acceptors (Lipinski definition) is 18. The van der Waals surface area contributed by atoms with Crippen LogP contribution in [0.4, 0.5) is 10.5 Å². The Bertz CT molecular complexity index is 1770. The second-order valence-corrected chi connectivity index (χ2v) is 10.6. The second-order valence-electron chi connectivity index (χ2n) is 8.82. The minimum absolute atomic E-state index is 0.0446. The summed E-state index contributed by atoms with van der Waals surface area (Å²) in [6, 6.07) is 4.36. The molecule has 0 bridgehead atoms. The highest BCUT2D eigenvalue weighted by Gasteiger charge is 2.49. The van der Waals surface area contributed by atoms with Crippen LogP contribution in [0.15, 0.2) is 56.9 Å². The van der Waals surface area contributed by atoms with Gasteiger partial charge < -0.3 is 37.9 Å². The van der Waals surface area contributed by atoms with Crippen molar-refractivity contribution >= 4 is 57.4 Å². The molecular weight excluding hydrogens is 666 g/mol. The lowest BCUT2D eigenvalue weighted by atomic mass is 9.95. The molecule has 1 aliphatic carbocycles. The molecule has 19 nitrogen and oxygen atoms in total. The van der Waals surface area contributed by atoms with Crippen LogP contribution in [0, 0.1) is 0 Å². The maximum Gasteiger partial charge on any atom is 0.428 e. The second kappa shape index (κ2) is 16.1. The van der Waals surface area contributed by atoms with Crippen molar-refractivity contribution in [3.8, 4) is 11.5 Å². The van der Waals surface area contributed by atoms with Crippen LogP contribution >= 0.6 is 0 Å². The number of carbonyl (C=O) groups is 6. The number of methoxy groups -OCH3 is 8. The summed E-state index contributed by atoms with van der Waals surface area (Å²) in [5.41, 5.74) is -4.52. The lowest BCUT2D eigenvalue weighted by Gasteiger charge is -2.23. The minimum atomic E-state index is -4.88.